The molecular formula is C12H19N3O2S. The fourth-order valence-electron chi connectivity index (χ4n) is 2.16. The van der Waals surface area contributed by atoms with E-state index in [1.807, 2.05) is 6.92 Å². The van der Waals surface area contributed by atoms with E-state index in [0.717, 1.165) is 35.7 Å². The average Bonchev–Trinajstić information content (AvgIpc) is 2.78. The van der Waals surface area contributed by atoms with Gasteiger partial charge in [0.2, 0.25) is 5.91 Å². The van der Waals surface area contributed by atoms with E-state index in [9.17, 15) is 4.79 Å². The number of hydrogen-bond acceptors (Lipinski definition) is 5. The van der Waals surface area contributed by atoms with Gasteiger partial charge in [0.25, 0.3) is 0 Å². The molecule has 1 aliphatic rings. The summed E-state index contributed by atoms with van der Waals surface area (Å²) >= 11 is 1.56. The molecule has 6 heteroatoms. The van der Waals surface area contributed by atoms with Crippen molar-refractivity contribution in [2.75, 3.05) is 13.7 Å². The van der Waals surface area contributed by atoms with Gasteiger partial charge in [0, 0.05) is 7.11 Å². The Bertz CT molecular complexity index is 415. The number of hydrogen-bond donors (Lipinski definition) is 1. The van der Waals surface area contributed by atoms with Gasteiger partial charge in [-0.2, -0.15) is 0 Å². The van der Waals surface area contributed by atoms with Crippen molar-refractivity contribution < 1.29 is 9.53 Å². The molecule has 0 radical (unpaired) electrons. The molecule has 1 aromatic heterocycles. The lowest BCUT2D eigenvalue weighted by atomic mass is 9.68. The fraction of sp³-hybridized carbons (Fsp3) is 0.750. The van der Waals surface area contributed by atoms with Crippen LogP contribution < -0.4 is 5.32 Å². The van der Waals surface area contributed by atoms with Crippen LogP contribution in [0.2, 0.25) is 0 Å². The summed E-state index contributed by atoms with van der Waals surface area (Å²) in [5, 5.41) is 12.9. The lowest BCUT2D eigenvalue weighted by molar-refractivity contribution is -0.140. The predicted octanol–water partition coefficient (Wildman–Crippen LogP) is 1.53. The van der Waals surface area contributed by atoms with Gasteiger partial charge in [-0.3, -0.25) is 4.79 Å². The maximum atomic E-state index is 12.2. The molecule has 0 saturated heterocycles. The van der Waals surface area contributed by atoms with Gasteiger partial charge >= 0.3 is 0 Å². The van der Waals surface area contributed by atoms with Crippen LogP contribution in [0.4, 0.5) is 0 Å². The summed E-state index contributed by atoms with van der Waals surface area (Å²) < 4.78 is 5.16. The largest absolute Gasteiger partial charge is 0.384 e. The van der Waals surface area contributed by atoms with Crippen molar-refractivity contribution >= 4 is 17.2 Å². The Morgan fingerprint density at radius 3 is 2.67 bits per heavy atom. The molecule has 0 aromatic carbocycles. The molecule has 1 aliphatic carbocycles. The standard InChI is InChI=1S/C12H19N3O2S/c1-3-9-14-15-10(18-9)7-13-11(16)12(8-17-2)5-4-6-12/h3-8H2,1-2H3,(H,13,16). The van der Waals surface area contributed by atoms with E-state index in [2.05, 4.69) is 15.5 Å². The number of ether oxygens (including phenoxy) is 1. The molecule has 0 aliphatic heterocycles. The number of aromatic nitrogens is 2. The van der Waals surface area contributed by atoms with E-state index in [1.54, 1.807) is 18.4 Å². The van der Waals surface area contributed by atoms with Gasteiger partial charge in [-0.05, 0) is 19.3 Å². The first-order valence-electron chi connectivity index (χ1n) is 6.28. The minimum absolute atomic E-state index is 0.0869. The molecule has 1 N–H and O–H groups in total. The van der Waals surface area contributed by atoms with Crippen LogP contribution in [0.25, 0.3) is 0 Å². The fourth-order valence-corrected chi connectivity index (χ4v) is 2.89. The Labute approximate surface area is 111 Å². The number of aryl methyl sites for hydroxylation is 1. The first-order valence-corrected chi connectivity index (χ1v) is 7.10. The van der Waals surface area contributed by atoms with Gasteiger partial charge in [0.1, 0.15) is 10.0 Å². The Balaban J connectivity index is 1.87. The summed E-state index contributed by atoms with van der Waals surface area (Å²) in [6.07, 6.45) is 3.83. The van der Waals surface area contributed by atoms with Gasteiger partial charge in [-0.1, -0.05) is 24.7 Å². The van der Waals surface area contributed by atoms with E-state index in [4.69, 9.17) is 4.74 Å². The molecular weight excluding hydrogens is 250 g/mol. The second-order valence-corrected chi connectivity index (χ2v) is 5.84. The van der Waals surface area contributed by atoms with Gasteiger partial charge in [-0.15, -0.1) is 10.2 Å². The minimum atomic E-state index is -0.299. The molecule has 0 unspecified atom stereocenters. The third-order valence-corrected chi connectivity index (χ3v) is 4.49. The zero-order chi connectivity index (χ0) is 13.0. The van der Waals surface area contributed by atoms with Gasteiger partial charge < -0.3 is 10.1 Å². The van der Waals surface area contributed by atoms with E-state index >= 15 is 0 Å². The highest BCUT2D eigenvalue weighted by molar-refractivity contribution is 7.11. The average molecular weight is 269 g/mol. The van der Waals surface area contributed by atoms with E-state index in [-0.39, 0.29) is 11.3 Å². The van der Waals surface area contributed by atoms with Crippen LogP contribution in [0.3, 0.4) is 0 Å². The van der Waals surface area contributed by atoms with Gasteiger partial charge in [0.15, 0.2) is 0 Å². The molecule has 0 bridgehead atoms. The maximum Gasteiger partial charge on any atom is 0.228 e. The summed E-state index contributed by atoms with van der Waals surface area (Å²) in [5.74, 6) is 0.0869. The number of carbonyl (C=O) groups is 1. The number of rotatable bonds is 6. The molecule has 1 amide bonds. The Morgan fingerprint density at radius 2 is 2.17 bits per heavy atom. The van der Waals surface area contributed by atoms with Crippen molar-refractivity contribution in [3.63, 3.8) is 0 Å². The lowest BCUT2D eigenvalue weighted by Gasteiger charge is -2.39. The lowest BCUT2D eigenvalue weighted by Crippen LogP contribution is -2.48. The Hall–Kier alpha value is -1.01. The smallest absolute Gasteiger partial charge is 0.228 e. The van der Waals surface area contributed by atoms with Crippen LogP contribution in [0.1, 0.15) is 36.2 Å². The van der Waals surface area contributed by atoms with Crippen LogP contribution in [-0.4, -0.2) is 29.8 Å². The number of amides is 1. The molecule has 1 fully saturated rings. The predicted molar refractivity (Wildman–Crippen MR) is 69.3 cm³/mol. The molecule has 1 aromatic rings. The number of methoxy groups -OCH3 is 1. The van der Waals surface area contributed by atoms with Gasteiger partial charge in [0.05, 0.1) is 18.6 Å². The number of nitrogens with one attached hydrogen (secondary N) is 1. The van der Waals surface area contributed by atoms with Crippen LogP contribution in [0.5, 0.6) is 0 Å². The molecule has 5 nitrogen and oxygen atoms in total. The maximum absolute atomic E-state index is 12.2. The highest BCUT2D eigenvalue weighted by atomic mass is 32.1. The summed E-state index contributed by atoms with van der Waals surface area (Å²) in [7, 11) is 1.64. The highest BCUT2D eigenvalue weighted by Crippen LogP contribution is 2.41. The summed E-state index contributed by atoms with van der Waals surface area (Å²) in [6.45, 7) is 3.03. The number of carbonyl (C=O) groups excluding carboxylic acids is 1. The first-order chi connectivity index (χ1) is 8.70. The van der Waals surface area contributed by atoms with Crippen LogP contribution in [0, 0.1) is 5.41 Å². The third-order valence-electron chi connectivity index (χ3n) is 3.42. The summed E-state index contributed by atoms with van der Waals surface area (Å²) in [5.41, 5.74) is -0.299. The number of nitrogens with zero attached hydrogens (tertiary/aromatic N) is 2. The SMILES string of the molecule is CCc1nnc(CNC(=O)C2(COC)CCC2)s1. The van der Waals surface area contributed by atoms with Crippen LogP contribution >= 0.6 is 11.3 Å². The van der Waals surface area contributed by atoms with Crippen molar-refractivity contribution in [1.82, 2.24) is 15.5 Å². The van der Waals surface area contributed by atoms with E-state index in [1.165, 1.54) is 0 Å². The highest BCUT2D eigenvalue weighted by Gasteiger charge is 2.44. The molecule has 0 spiro atoms. The van der Waals surface area contributed by atoms with Crippen molar-refractivity contribution in [2.45, 2.75) is 39.2 Å². The quantitative estimate of drug-likeness (QED) is 0.850. The molecule has 2 rings (SSSR count). The normalized spacial score (nSPS) is 17.2. The third kappa shape index (κ3) is 2.70. The zero-order valence-corrected chi connectivity index (χ0v) is 11.7. The van der Waals surface area contributed by atoms with Crippen LogP contribution in [0.15, 0.2) is 0 Å². The molecule has 0 atom stereocenters. The Morgan fingerprint density at radius 1 is 1.44 bits per heavy atom. The van der Waals surface area contributed by atoms with Gasteiger partial charge in [-0.25, -0.2) is 0 Å². The monoisotopic (exact) mass is 269 g/mol. The van der Waals surface area contributed by atoms with E-state index < -0.39 is 0 Å². The molecule has 1 saturated carbocycles. The zero-order valence-electron chi connectivity index (χ0n) is 10.9. The Kier molecular flexibility index (Phi) is 4.29. The topological polar surface area (TPSA) is 64.1 Å². The molecule has 18 heavy (non-hydrogen) atoms. The van der Waals surface area contributed by atoms with Crippen LogP contribution in [-0.2, 0) is 22.5 Å². The second kappa shape index (κ2) is 5.75. The van der Waals surface area contributed by atoms with E-state index in [0.29, 0.717) is 13.2 Å². The van der Waals surface area contributed by atoms with Crippen molar-refractivity contribution in [1.29, 1.82) is 0 Å². The van der Waals surface area contributed by atoms with Crippen molar-refractivity contribution in [3.05, 3.63) is 10.0 Å². The molecule has 1 heterocycles. The first kappa shape index (κ1) is 13.4. The minimum Gasteiger partial charge on any atom is -0.384 e. The van der Waals surface area contributed by atoms with Crippen molar-refractivity contribution in [2.24, 2.45) is 5.41 Å². The molecule has 100 valence electrons. The van der Waals surface area contributed by atoms with Crippen molar-refractivity contribution in [3.8, 4) is 0 Å². The summed E-state index contributed by atoms with van der Waals surface area (Å²) in [4.78, 5) is 12.2. The summed E-state index contributed by atoms with van der Waals surface area (Å²) in [6, 6.07) is 0. The second-order valence-electron chi connectivity index (χ2n) is 4.69.